The first kappa shape index (κ1) is 13.1. The molecule has 0 atom stereocenters. The van der Waals surface area contributed by atoms with E-state index in [2.05, 4.69) is 10.1 Å². The molecule has 100 valence electrons. The molecule has 1 aromatic carbocycles. The number of para-hydroxylation sites is 1. The van der Waals surface area contributed by atoms with Gasteiger partial charge in [-0.3, -0.25) is 4.79 Å². The topological polar surface area (TPSA) is 66.6 Å². The van der Waals surface area contributed by atoms with Crippen LogP contribution in [0.15, 0.2) is 47.3 Å². The number of benzene rings is 1. The Kier molecular flexibility index (Phi) is 4.55. The lowest BCUT2D eigenvalue weighted by molar-refractivity contribution is -0.137. The average Bonchev–Trinajstić information content (AvgIpc) is 2.91. The highest BCUT2D eigenvalue weighted by molar-refractivity contribution is 5.66. The fourth-order valence-electron chi connectivity index (χ4n) is 1.88. The fourth-order valence-corrected chi connectivity index (χ4v) is 1.88. The van der Waals surface area contributed by atoms with E-state index in [1.165, 1.54) is 0 Å². The lowest BCUT2D eigenvalue weighted by atomic mass is 10.2. The van der Waals surface area contributed by atoms with Crippen LogP contribution < -0.4 is 4.90 Å². The van der Waals surface area contributed by atoms with Gasteiger partial charge in [0.15, 0.2) is 0 Å². The molecule has 0 aliphatic carbocycles. The molecule has 0 unspecified atom stereocenters. The Labute approximate surface area is 111 Å². The Morgan fingerprint density at radius 3 is 2.74 bits per heavy atom. The highest BCUT2D eigenvalue weighted by Crippen LogP contribution is 2.17. The average molecular weight is 260 g/mol. The van der Waals surface area contributed by atoms with Crippen LogP contribution in [-0.2, 0) is 11.3 Å². The van der Waals surface area contributed by atoms with E-state index in [0.29, 0.717) is 19.5 Å². The van der Waals surface area contributed by atoms with Crippen LogP contribution >= 0.6 is 0 Å². The number of carboxylic acids is 1. The smallest absolute Gasteiger partial charge is 0.303 e. The van der Waals surface area contributed by atoms with Crippen molar-refractivity contribution in [3.05, 3.63) is 48.4 Å². The van der Waals surface area contributed by atoms with Crippen molar-refractivity contribution >= 4 is 11.7 Å². The second kappa shape index (κ2) is 6.58. The summed E-state index contributed by atoms with van der Waals surface area (Å²) in [6.45, 7) is 1.34. The molecular weight excluding hydrogens is 244 g/mol. The molecule has 0 saturated heterocycles. The molecular formula is C14H16N2O3. The van der Waals surface area contributed by atoms with Crippen molar-refractivity contribution in [3.63, 3.8) is 0 Å². The number of carboxylic acid groups (broad SMARTS) is 1. The predicted molar refractivity (Wildman–Crippen MR) is 70.9 cm³/mol. The number of carbonyl (C=O) groups is 1. The van der Waals surface area contributed by atoms with E-state index < -0.39 is 5.97 Å². The molecule has 2 rings (SSSR count). The van der Waals surface area contributed by atoms with Gasteiger partial charge in [0.1, 0.15) is 6.26 Å². The largest absolute Gasteiger partial charge is 0.481 e. The van der Waals surface area contributed by atoms with E-state index in [1.54, 1.807) is 12.5 Å². The van der Waals surface area contributed by atoms with E-state index in [4.69, 9.17) is 9.63 Å². The van der Waals surface area contributed by atoms with Crippen LogP contribution in [0.1, 0.15) is 18.4 Å². The second-order valence-electron chi connectivity index (χ2n) is 4.29. The zero-order valence-corrected chi connectivity index (χ0v) is 10.5. The van der Waals surface area contributed by atoms with E-state index in [9.17, 15) is 4.79 Å². The van der Waals surface area contributed by atoms with Gasteiger partial charge in [0.2, 0.25) is 0 Å². The van der Waals surface area contributed by atoms with E-state index in [1.807, 2.05) is 30.3 Å². The Hall–Kier alpha value is -2.30. The molecule has 1 heterocycles. The molecule has 0 radical (unpaired) electrons. The summed E-state index contributed by atoms with van der Waals surface area (Å²) in [6.07, 6.45) is 4.06. The maximum absolute atomic E-state index is 10.6. The Morgan fingerprint density at radius 1 is 1.32 bits per heavy atom. The Balaban J connectivity index is 2.02. The summed E-state index contributed by atoms with van der Waals surface area (Å²) in [6, 6.07) is 9.90. The molecule has 2 aromatic rings. The van der Waals surface area contributed by atoms with Crippen LogP contribution in [0.5, 0.6) is 0 Å². The third kappa shape index (κ3) is 4.13. The first-order valence-corrected chi connectivity index (χ1v) is 6.16. The van der Waals surface area contributed by atoms with Crippen molar-refractivity contribution < 1.29 is 14.4 Å². The summed E-state index contributed by atoms with van der Waals surface area (Å²) in [7, 11) is 0. The van der Waals surface area contributed by atoms with Crippen molar-refractivity contribution in [2.24, 2.45) is 0 Å². The molecule has 0 aliphatic rings. The third-order valence-corrected chi connectivity index (χ3v) is 2.80. The minimum Gasteiger partial charge on any atom is -0.481 e. The summed E-state index contributed by atoms with van der Waals surface area (Å²) in [5.74, 6) is -0.766. The number of nitrogens with zero attached hydrogens (tertiary/aromatic N) is 2. The molecule has 5 heteroatoms. The number of aliphatic carboxylic acids is 1. The number of hydrogen-bond donors (Lipinski definition) is 1. The van der Waals surface area contributed by atoms with Gasteiger partial charge in [0, 0.05) is 30.8 Å². The molecule has 0 saturated carbocycles. The van der Waals surface area contributed by atoms with Crippen molar-refractivity contribution in [2.75, 3.05) is 11.4 Å². The maximum atomic E-state index is 10.6. The second-order valence-corrected chi connectivity index (χ2v) is 4.29. The molecule has 1 N–H and O–H groups in total. The lowest BCUT2D eigenvalue weighted by Crippen LogP contribution is -2.24. The molecule has 0 bridgehead atoms. The number of anilines is 1. The van der Waals surface area contributed by atoms with Gasteiger partial charge in [-0.05, 0) is 18.6 Å². The monoisotopic (exact) mass is 260 g/mol. The van der Waals surface area contributed by atoms with Gasteiger partial charge in [-0.25, -0.2) is 0 Å². The molecule has 0 fully saturated rings. The molecule has 19 heavy (non-hydrogen) atoms. The van der Waals surface area contributed by atoms with E-state index in [0.717, 1.165) is 11.3 Å². The zero-order valence-electron chi connectivity index (χ0n) is 10.5. The van der Waals surface area contributed by atoms with Crippen molar-refractivity contribution in [3.8, 4) is 0 Å². The predicted octanol–water partition coefficient (Wildman–Crippen LogP) is 2.55. The summed E-state index contributed by atoms with van der Waals surface area (Å²) in [5.41, 5.74) is 2.04. The van der Waals surface area contributed by atoms with Crippen LogP contribution in [0.4, 0.5) is 5.69 Å². The van der Waals surface area contributed by atoms with Gasteiger partial charge in [-0.15, -0.1) is 0 Å². The lowest BCUT2D eigenvalue weighted by Gasteiger charge is -2.23. The Morgan fingerprint density at radius 2 is 2.11 bits per heavy atom. The van der Waals surface area contributed by atoms with Gasteiger partial charge in [0.25, 0.3) is 0 Å². The molecule has 5 nitrogen and oxygen atoms in total. The minimum atomic E-state index is -0.766. The van der Waals surface area contributed by atoms with Gasteiger partial charge < -0.3 is 14.5 Å². The van der Waals surface area contributed by atoms with Crippen LogP contribution in [0, 0.1) is 0 Å². The van der Waals surface area contributed by atoms with Gasteiger partial charge >= 0.3 is 5.97 Å². The zero-order chi connectivity index (χ0) is 13.5. The first-order valence-electron chi connectivity index (χ1n) is 6.16. The number of hydrogen-bond acceptors (Lipinski definition) is 4. The van der Waals surface area contributed by atoms with E-state index in [-0.39, 0.29) is 6.42 Å². The van der Waals surface area contributed by atoms with Gasteiger partial charge in [-0.1, -0.05) is 23.4 Å². The van der Waals surface area contributed by atoms with Crippen molar-refractivity contribution in [2.45, 2.75) is 19.4 Å². The maximum Gasteiger partial charge on any atom is 0.303 e. The van der Waals surface area contributed by atoms with Crippen molar-refractivity contribution in [1.82, 2.24) is 5.16 Å². The molecule has 0 spiro atoms. The quantitative estimate of drug-likeness (QED) is 0.828. The first-order chi connectivity index (χ1) is 9.25. The SMILES string of the molecule is O=C(O)CCCN(Cc1cnoc1)c1ccccc1. The number of rotatable bonds is 7. The standard InChI is InChI=1S/C14H16N2O3/c17-14(18)7-4-8-16(10-12-9-15-19-11-12)13-5-2-1-3-6-13/h1-3,5-6,9,11H,4,7-8,10H2,(H,17,18). The summed E-state index contributed by atoms with van der Waals surface area (Å²) >= 11 is 0. The van der Waals surface area contributed by atoms with Crippen LogP contribution in [0.25, 0.3) is 0 Å². The summed E-state index contributed by atoms with van der Waals surface area (Å²) in [5, 5.41) is 12.4. The van der Waals surface area contributed by atoms with Gasteiger partial charge in [-0.2, -0.15) is 0 Å². The van der Waals surface area contributed by atoms with Crippen molar-refractivity contribution in [1.29, 1.82) is 0 Å². The van der Waals surface area contributed by atoms with E-state index >= 15 is 0 Å². The van der Waals surface area contributed by atoms with Gasteiger partial charge in [0.05, 0.1) is 6.20 Å². The molecule has 0 aliphatic heterocycles. The molecule has 0 amide bonds. The van der Waals surface area contributed by atoms with Crippen LogP contribution in [-0.4, -0.2) is 22.8 Å². The Bertz CT molecular complexity index is 497. The number of aromatic nitrogens is 1. The van der Waals surface area contributed by atoms with Crippen LogP contribution in [0.3, 0.4) is 0 Å². The highest BCUT2D eigenvalue weighted by Gasteiger charge is 2.09. The highest BCUT2D eigenvalue weighted by atomic mass is 16.5. The van der Waals surface area contributed by atoms with Crippen LogP contribution in [0.2, 0.25) is 0 Å². The normalized spacial score (nSPS) is 10.3. The summed E-state index contributed by atoms with van der Waals surface area (Å²) < 4.78 is 4.82. The third-order valence-electron chi connectivity index (χ3n) is 2.80. The fraction of sp³-hybridized carbons (Fsp3) is 0.286. The minimum absolute atomic E-state index is 0.174. The molecule has 1 aromatic heterocycles. The summed E-state index contributed by atoms with van der Waals surface area (Å²) in [4.78, 5) is 12.7.